The molecule has 0 unspecified atom stereocenters. The van der Waals surface area contributed by atoms with Crippen molar-refractivity contribution in [2.75, 3.05) is 0 Å². The number of rotatable bonds is 4. The highest BCUT2D eigenvalue weighted by Gasteiger charge is 1.93. The first-order valence-corrected chi connectivity index (χ1v) is 4.00. The first kappa shape index (κ1) is 10.8. The predicted octanol–water partition coefficient (Wildman–Crippen LogP) is 3.15. The highest BCUT2D eigenvalue weighted by Crippen LogP contribution is 2.04. The second-order valence-corrected chi connectivity index (χ2v) is 2.71. The van der Waals surface area contributed by atoms with Crippen LogP contribution in [-0.2, 0) is 0 Å². The molecule has 1 N–H and O–H groups in total. The van der Waals surface area contributed by atoms with Crippen LogP contribution in [0.3, 0.4) is 0 Å². The Hall–Kier alpha value is -1.24. The van der Waals surface area contributed by atoms with Gasteiger partial charge in [-0.3, -0.25) is 0 Å². The fraction of sp³-hybridized carbons (Fsp3) is 0.273. The third-order valence-corrected chi connectivity index (χ3v) is 1.39. The quantitative estimate of drug-likeness (QED) is 0.628. The molecule has 0 fully saturated rings. The number of allylic oxidation sites excluding steroid dienone is 5. The summed E-state index contributed by atoms with van der Waals surface area (Å²) in [5.74, 6) is 0. The van der Waals surface area contributed by atoms with E-state index in [9.17, 15) is 0 Å². The molecule has 0 rings (SSSR count). The van der Waals surface area contributed by atoms with E-state index in [4.69, 9.17) is 0 Å². The molecule has 0 radical (unpaired) electrons. The Kier molecular flexibility index (Phi) is 4.86. The molecule has 12 heavy (non-hydrogen) atoms. The fourth-order valence-electron chi connectivity index (χ4n) is 0.880. The minimum atomic E-state index is 0.925. The zero-order chi connectivity index (χ0) is 9.56. The van der Waals surface area contributed by atoms with Gasteiger partial charge in [-0.1, -0.05) is 25.3 Å². The van der Waals surface area contributed by atoms with Gasteiger partial charge in [0.15, 0.2) is 0 Å². The van der Waals surface area contributed by atoms with Gasteiger partial charge in [0, 0.05) is 11.4 Å². The van der Waals surface area contributed by atoms with Gasteiger partial charge in [0.2, 0.25) is 0 Å². The summed E-state index contributed by atoms with van der Waals surface area (Å²) in [6.45, 7) is 13.4. The molecule has 0 bridgehead atoms. The second-order valence-electron chi connectivity index (χ2n) is 2.71. The van der Waals surface area contributed by atoms with Crippen molar-refractivity contribution < 1.29 is 0 Å². The summed E-state index contributed by atoms with van der Waals surface area (Å²) < 4.78 is 0. The van der Waals surface area contributed by atoms with Crippen molar-refractivity contribution in [1.82, 2.24) is 5.32 Å². The number of hydrogen-bond donors (Lipinski definition) is 1. The molecular weight excluding hydrogens is 146 g/mol. The molecule has 0 atom stereocenters. The lowest BCUT2D eigenvalue weighted by Gasteiger charge is -2.07. The van der Waals surface area contributed by atoms with E-state index >= 15 is 0 Å². The largest absolute Gasteiger partial charge is 0.360 e. The van der Waals surface area contributed by atoms with Crippen molar-refractivity contribution in [3.8, 4) is 0 Å². The van der Waals surface area contributed by atoms with E-state index in [0.717, 1.165) is 17.0 Å². The van der Waals surface area contributed by atoms with Crippen LogP contribution in [0.2, 0.25) is 0 Å². The third-order valence-electron chi connectivity index (χ3n) is 1.39. The third kappa shape index (κ3) is 3.81. The van der Waals surface area contributed by atoms with Crippen LogP contribution >= 0.6 is 0 Å². The maximum absolute atomic E-state index is 3.77. The van der Waals surface area contributed by atoms with Crippen molar-refractivity contribution in [2.45, 2.75) is 20.8 Å². The van der Waals surface area contributed by atoms with Crippen LogP contribution < -0.4 is 5.32 Å². The Morgan fingerprint density at radius 2 is 1.92 bits per heavy atom. The molecule has 1 nitrogen and oxygen atoms in total. The molecule has 0 aliphatic heterocycles. The van der Waals surface area contributed by atoms with Crippen molar-refractivity contribution in [3.63, 3.8) is 0 Å². The second kappa shape index (κ2) is 5.42. The minimum Gasteiger partial charge on any atom is -0.360 e. The van der Waals surface area contributed by atoms with E-state index in [1.807, 2.05) is 32.9 Å². The standard InChI is InChI=1S/C11H17N/c1-6-8-10(5)11(7-2)12-9(3)4/h6-8,12H,2-3H2,1,4-5H3/b8-6-,11-10+. The summed E-state index contributed by atoms with van der Waals surface area (Å²) in [6, 6.07) is 0. The Balaban J connectivity index is 4.60. The Morgan fingerprint density at radius 3 is 2.25 bits per heavy atom. The summed E-state index contributed by atoms with van der Waals surface area (Å²) in [5, 5.41) is 3.13. The van der Waals surface area contributed by atoms with Gasteiger partial charge >= 0.3 is 0 Å². The maximum atomic E-state index is 3.77. The average Bonchev–Trinajstić information content (AvgIpc) is 2.00. The Bertz CT molecular complexity index is 231. The monoisotopic (exact) mass is 163 g/mol. The molecule has 0 saturated carbocycles. The topological polar surface area (TPSA) is 12.0 Å². The van der Waals surface area contributed by atoms with E-state index in [1.165, 1.54) is 0 Å². The van der Waals surface area contributed by atoms with E-state index in [2.05, 4.69) is 18.5 Å². The van der Waals surface area contributed by atoms with E-state index in [0.29, 0.717) is 0 Å². The molecule has 66 valence electrons. The predicted molar refractivity (Wildman–Crippen MR) is 55.7 cm³/mol. The Labute approximate surface area is 75.2 Å². The van der Waals surface area contributed by atoms with E-state index in [1.54, 1.807) is 6.08 Å². The van der Waals surface area contributed by atoms with Crippen molar-refractivity contribution >= 4 is 0 Å². The highest BCUT2D eigenvalue weighted by atomic mass is 14.9. The summed E-state index contributed by atoms with van der Waals surface area (Å²) >= 11 is 0. The first-order chi connectivity index (χ1) is 5.61. The number of hydrogen-bond acceptors (Lipinski definition) is 1. The summed E-state index contributed by atoms with van der Waals surface area (Å²) in [5.41, 5.74) is 3.10. The van der Waals surface area contributed by atoms with Crippen LogP contribution in [0.5, 0.6) is 0 Å². The Morgan fingerprint density at radius 1 is 1.33 bits per heavy atom. The molecule has 1 heteroatoms. The van der Waals surface area contributed by atoms with Gasteiger partial charge in [-0.2, -0.15) is 0 Å². The van der Waals surface area contributed by atoms with Crippen LogP contribution in [0.15, 0.2) is 48.4 Å². The van der Waals surface area contributed by atoms with Crippen LogP contribution in [0, 0.1) is 0 Å². The smallest absolute Gasteiger partial charge is 0.0405 e. The molecule has 0 heterocycles. The minimum absolute atomic E-state index is 0.925. The van der Waals surface area contributed by atoms with Gasteiger partial charge in [-0.25, -0.2) is 0 Å². The van der Waals surface area contributed by atoms with E-state index < -0.39 is 0 Å². The van der Waals surface area contributed by atoms with Crippen LogP contribution in [-0.4, -0.2) is 0 Å². The molecule has 0 aromatic heterocycles. The van der Waals surface area contributed by atoms with Crippen LogP contribution in [0.4, 0.5) is 0 Å². The van der Waals surface area contributed by atoms with Gasteiger partial charge in [-0.05, 0) is 32.4 Å². The zero-order valence-electron chi connectivity index (χ0n) is 8.15. The summed E-state index contributed by atoms with van der Waals surface area (Å²) in [6.07, 6.45) is 5.83. The zero-order valence-corrected chi connectivity index (χ0v) is 8.15. The van der Waals surface area contributed by atoms with Gasteiger partial charge in [-0.15, -0.1) is 0 Å². The summed E-state index contributed by atoms with van der Waals surface area (Å²) in [4.78, 5) is 0. The lowest BCUT2D eigenvalue weighted by molar-refractivity contribution is 0.995. The van der Waals surface area contributed by atoms with Gasteiger partial charge in [0.25, 0.3) is 0 Å². The maximum Gasteiger partial charge on any atom is 0.0405 e. The molecule has 0 spiro atoms. The van der Waals surface area contributed by atoms with Crippen LogP contribution in [0.1, 0.15) is 20.8 Å². The van der Waals surface area contributed by atoms with Gasteiger partial charge < -0.3 is 5.32 Å². The van der Waals surface area contributed by atoms with Crippen molar-refractivity contribution in [2.24, 2.45) is 0 Å². The average molecular weight is 163 g/mol. The van der Waals surface area contributed by atoms with Crippen molar-refractivity contribution in [1.29, 1.82) is 0 Å². The van der Waals surface area contributed by atoms with Crippen molar-refractivity contribution in [3.05, 3.63) is 48.4 Å². The molecule has 0 aliphatic rings. The molecule has 0 saturated heterocycles. The fourth-order valence-corrected chi connectivity index (χ4v) is 0.880. The molecule has 0 amide bonds. The first-order valence-electron chi connectivity index (χ1n) is 4.00. The lowest BCUT2D eigenvalue weighted by Crippen LogP contribution is -2.08. The molecule has 0 aromatic rings. The van der Waals surface area contributed by atoms with Gasteiger partial charge in [0.1, 0.15) is 0 Å². The molecular formula is C11H17N. The van der Waals surface area contributed by atoms with Gasteiger partial charge in [0.05, 0.1) is 0 Å². The van der Waals surface area contributed by atoms with E-state index in [-0.39, 0.29) is 0 Å². The normalized spacial score (nSPS) is 12.6. The lowest BCUT2D eigenvalue weighted by atomic mass is 10.2. The molecule has 0 aliphatic carbocycles. The SMILES string of the molecule is C=C/C(NC(=C)C)=C(C)\C=C/C. The summed E-state index contributed by atoms with van der Waals surface area (Å²) in [7, 11) is 0. The highest BCUT2D eigenvalue weighted by molar-refractivity contribution is 5.31. The molecule has 0 aromatic carbocycles. The van der Waals surface area contributed by atoms with Crippen LogP contribution in [0.25, 0.3) is 0 Å². The number of nitrogens with one attached hydrogen (secondary N) is 1.